The van der Waals surface area contributed by atoms with E-state index in [1.807, 2.05) is 0 Å². The van der Waals surface area contributed by atoms with E-state index < -0.39 is 21.6 Å². The molecule has 0 aliphatic rings. The maximum Gasteiger partial charge on any atom is 0.143 e. The summed E-state index contributed by atoms with van der Waals surface area (Å²) in [6.07, 6.45) is 0.660. The molecule has 11 heteroatoms. The van der Waals surface area contributed by atoms with Gasteiger partial charge in [0.15, 0.2) is 0 Å². The lowest BCUT2D eigenvalue weighted by atomic mass is 10.3. The standard InChI is InChI=1S/C5H12O6P2.3H3N/c1-5(2)3-4-12(6,7)11-13(8,9)10;;;/h3H,4H2,1-2H3,(H,6,7)(H2,8,9,10);3*1H3. The molecule has 0 aromatic carbocycles. The van der Waals surface area contributed by atoms with E-state index in [0.29, 0.717) is 5.57 Å². The molecule has 0 bridgehead atoms. The number of hydrogen-bond donors (Lipinski definition) is 3. The normalized spacial score (nSPS) is 13.3. The van der Waals surface area contributed by atoms with Crippen molar-refractivity contribution in [2.24, 2.45) is 0 Å². The van der Waals surface area contributed by atoms with E-state index in [1.165, 1.54) is 6.08 Å². The predicted octanol–water partition coefficient (Wildman–Crippen LogP) is 0.480. The van der Waals surface area contributed by atoms with Gasteiger partial charge in [-0.2, -0.15) is 0 Å². The molecule has 0 spiro atoms. The van der Waals surface area contributed by atoms with Gasteiger partial charge in [-0.05, 0) is 13.8 Å². The summed E-state index contributed by atoms with van der Waals surface area (Å²) in [5, 5.41) is 0. The summed E-state index contributed by atoms with van der Waals surface area (Å²) in [6.45, 7) is 3.27. The van der Waals surface area contributed by atoms with Gasteiger partial charge >= 0.3 is 0 Å². The molecule has 0 saturated heterocycles. The Kier molecular flexibility index (Phi) is 14.0. The zero-order valence-corrected chi connectivity index (χ0v) is 11.9. The topological polar surface area (TPSA) is 222 Å². The van der Waals surface area contributed by atoms with Crippen molar-refractivity contribution < 1.29 is 28.1 Å². The Morgan fingerprint density at radius 3 is 1.75 bits per heavy atom. The molecule has 102 valence electrons. The van der Waals surface area contributed by atoms with Crippen molar-refractivity contribution in [3.05, 3.63) is 11.6 Å². The summed E-state index contributed by atoms with van der Waals surface area (Å²) in [5.74, 6) is 0. The SMILES string of the molecule is CC(C)=CCP(=O)([O-])OP(=O)([O-])[O-].[NH4+].[NH4+].[NH4+]. The fraction of sp³-hybridized carbons (Fsp3) is 0.600. The number of allylic oxidation sites excluding steroid dienone is 2. The van der Waals surface area contributed by atoms with Crippen molar-refractivity contribution in [3.8, 4) is 0 Å². The monoisotopic (exact) mass is 281 g/mol. The highest BCUT2D eigenvalue weighted by Gasteiger charge is 2.08. The molecule has 0 aliphatic carbocycles. The molecule has 12 N–H and O–H groups in total. The molecule has 16 heavy (non-hydrogen) atoms. The van der Waals surface area contributed by atoms with Crippen LogP contribution in [0, 0.1) is 0 Å². The molecule has 1 atom stereocenters. The molecule has 0 aliphatic heterocycles. The van der Waals surface area contributed by atoms with Gasteiger partial charge in [-0.15, -0.1) is 0 Å². The molecule has 0 saturated carbocycles. The third-order valence-corrected chi connectivity index (χ3v) is 3.37. The second kappa shape index (κ2) is 9.00. The van der Waals surface area contributed by atoms with Gasteiger partial charge in [0.25, 0.3) is 0 Å². The second-order valence-corrected chi connectivity index (χ2v) is 5.74. The number of phosphoric acid groups is 1. The summed E-state index contributed by atoms with van der Waals surface area (Å²) in [7, 11) is -10.0. The molecule has 0 amide bonds. The molecule has 9 nitrogen and oxygen atoms in total. The number of hydrogen-bond acceptors (Lipinski definition) is 6. The summed E-state index contributed by atoms with van der Waals surface area (Å²) in [4.78, 5) is 30.6. The molecule has 0 heterocycles. The van der Waals surface area contributed by atoms with Crippen molar-refractivity contribution in [1.82, 2.24) is 18.5 Å². The Balaban J connectivity index is -0.000000240. The minimum atomic E-state index is -5.45. The quantitative estimate of drug-likeness (QED) is 0.490. The van der Waals surface area contributed by atoms with Crippen LogP contribution in [0.25, 0.3) is 0 Å². The zero-order chi connectivity index (χ0) is 10.7. The first-order valence-electron chi connectivity index (χ1n) is 3.29. The van der Waals surface area contributed by atoms with Crippen LogP contribution in [-0.4, -0.2) is 6.16 Å². The Labute approximate surface area is 94.4 Å². The van der Waals surface area contributed by atoms with Gasteiger partial charge in [0.1, 0.15) is 7.60 Å². The minimum absolute atomic E-state index is 0. The van der Waals surface area contributed by atoms with E-state index in [2.05, 4.69) is 4.31 Å². The van der Waals surface area contributed by atoms with Crippen molar-refractivity contribution in [1.29, 1.82) is 0 Å². The molecule has 0 rings (SSSR count). The maximum absolute atomic E-state index is 10.7. The lowest BCUT2D eigenvalue weighted by Crippen LogP contribution is -2.19. The highest BCUT2D eigenvalue weighted by molar-refractivity contribution is 7.61. The first-order chi connectivity index (χ1) is 5.62. The highest BCUT2D eigenvalue weighted by atomic mass is 31.3. The summed E-state index contributed by atoms with van der Waals surface area (Å²) >= 11 is 0. The fourth-order valence-electron chi connectivity index (χ4n) is 0.480. The van der Waals surface area contributed by atoms with Gasteiger partial charge in [0.05, 0.1) is 7.82 Å². The molecular formula is C5H21N3O6P2. The van der Waals surface area contributed by atoms with Gasteiger partial charge in [-0.3, -0.25) is 0 Å². The smallest absolute Gasteiger partial charge is 0.143 e. The zero-order valence-electron chi connectivity index (χ0n) is 10.1. The van der Waals surface area contributed by atoms with Gasteiger partial charge in [0.2, 0.25) is 0 Å². The fourth-order valence-corrected chi connectivity index (χ4v) is 2.55. The Hall–Kier alpha value is -0.0800. The van der Waals surface area contributed by atoms with Crippen LogP contribution in [-0.2, 0) is 13.4 Å². The lowest BCUT2D eigenvalue weighted by molar-refractivity contribution is -0.337. The van der Waals surface area contributed by atoms with Gasteiger partial charge in [-0.1, -0.05) is 11.6 Å². The van der Waals surface area contributed by atoms with Crippen molar-refractivity contribution in [2.75, 3.05) is 6.16 Å². The molecule has 0 radical (unpaired) electrons. The maximum atomic E-state index is 10.7. The second-order valence-electron chi connectivity index (χ2n) is 2.60. The number of rotatable bonds is 4. The Bertz CT molecular complexity index is 297. The van der Waals surface area contributed by atoms with Crippen LogP contribution in [0.4, 0.5) is 0 Å². The van der Waals surface area contributed by atoms with Gasteiger partial charge in [0, 0.05) is 6.16 Å². The Morgan fingerprint density at radius 2 is 1.50 bits per heavy atom. The van der Waals surface area contributed by atoms with Crippen molar-refractivity contribution in [2.45, 2.75) is 13.8 Å². The number of quaternary nitrogens is 3. The van der Waals surface area contributed by atoms with Crippen LogP contribution >= 0.6 is 15.4 Å². The lowest BCUT2D eigenvalue weighted by Gasteiger charge is -2.35. The minimum Gasteiger partial charge on any atom is -0.790 e. The average Bonchev–Trinajstić information content (AvgIpc) is 1.78. The highest BCUT2D eigenvalue weighted by Crippen LogP contribution is 2.49. The third-order valence-electron chi connectivity index (χ3n) is 0.948. The van der Waals surface area contributed by atoms with Crippen LogP contribution in [0.3, 0.4) is 0 Å². The van der Waals surface area contributed by atoms with E-state index in [-0.39, 0.29) is 18.5 Å². The van der Waals surface area contributed by atoms with Crippen LogP contribution in [0.1, 0.15) is 13.8 Å². The van der Waals surface area contributed by atoms with E-state index in [4.69, 9.17) is 0 Å². The summed E-state index contributed by atoms with van der Waals surface area (Å²) in [6, 6.07) is 0. The molecule has 0 aromatic heterocycles. The predicted molar refractivity (Wildman–Crippen MR) is 58.6 cm³/mol. The molecule has 1 unspecified atom stereocenters. The van der Waals surface area contributed by atoms with Gasteiger partial charge in [-0.25, -0.2) is 0 Å². The summed E-state index contributed by atoms with van der Waals surface area (Å²) < 4.78 is 24.1. The Morgan fingerprint density at radius 1 is 1.12 bits per heavy atom. The first kappa shape index (κ1) is 24.9. The first-order valence-corrected chi connectivity index (χ1v) is 6.48. The van der Waals surface area contributed by atoms with E-state index in [9.17, 15) is 23.8 Å². The third kappa shape index (κ3) is 16.4. The average molecular weight is 281 g/mol. The van der Waals surface area contributed by atoms with Crippen molar-refractivity contribution >= 4 is 15.4 Å². The molecular weight excluding hydrogens is 260 g/mol. The van der Waals surface area contributed by atoms with Crippen LogP contribution in [0.2, 0.25) is 0 Å². The largest absolute Gasteiger partial charge is 0.790 e. The van der Waals surface area contributed by atoms with Crippen LogP contribution in [0.5, 0.6) is 0 Å². The molecule has 0 aromatic rings. The van der Waals surface area contributed by atoms with Gasteiger partial charge < -0.3 is 46.6 Å². The van der Waals surface area contributed by atoms with Crippen LogP contribution in [0.15, 0.2) is 11.6 Å². The van der Waals surface area contributed by atoms with E-state index in [0.717, 1.165) is 0 Å². The van der Waals surface area contributed by atoms with Crippen molar-refractivity contribution in [3.63, 3.8) is 0 Å². The van der Waals surface area contributed by atoms with E-state index >= 15 is 0 Å². The summed E-state index contributed by atoms with van der Waals surface area (Å²) in [5.41, 5.74) is 0.686. The van der Waals surface area contributed by atoms with Crippen LogP contribution < -0.4 is 33.1 Å². The van der Waals surface area contributed by atoms with E-state index in [1.54, 1.807) is 13.8 Å². The molecule has 0 fully saturated rings.